The summed E-state index contributed by atoms with van der Waals surface area (Å²) in [5, 5.41) is 52.4. The first-order valence-corrected chi connectivity index (χ1v) is 16.9. The van der Waals surface area contributed by atoms with Crippen LogP contribution in [0.15, 0.2) is 0 Å². The van der Waals surface area contributed by atoms with E-state index in [0.29, 0.717) is 60.1 Å². The van der Waals surface area contributed by atoms with Gasteiger partial charge in [-0.05, 0) is 105 Å². The van der Waals surface area contributed by atoms with Gasteiger partial charge in [-0.3, -0.25) is 9.69 Å². The van der Waals surface area contributed by atoms with E-state index in [9.17, 15) is 30.3 Å². The van der Waals surface area contributed by atoms with Gasteiger partial charge in [0.25, 0.3) is 0 Å². The topological polar surface area (TPSA) is 140 Å². The molecule has 0 aromatic carbocycles. The van der Waals surface area contributed by atoms with Gasteiger partial charge in [0.15, 0.2) is 6.29 Å². The molecule has 3 aliphatic heterocycles. The van der Waals surface area contributed by atoms with E-state index in [2.05, 4.69) is 25.7 Å². The fourth-order valence-electron chi connectivity index (χ4n) is 11.8. The van der Waals surface area contributed by atoms with E-state index in [1.807, 2.05) is 0 Å². The summed E-state index contributed by atoms with van der Waals surface area (Å²) in [6.07, 6.45) is 1.67. The molecule has 0 radical (unpaired) electrons. The number of ketones is 1. The third-order valence-corrected chi connectivity index (χ3v) is 14.0. The fraction of sp³-hybridized carbons (Fsp3) is 0.970. The molecule has 0 aromatic rings. The zero-order chi connectivity index (χ0) is 29.7. The summed E-state index contributed by atoms with van der Waals surface area (Å²) in [6, 6.07) is 0.276. The Kier molecular flexibility index (Phi) is 7.66. The standard InChI is InChI=1S/C33H53NO8/c1-16-4-7-27-33(3,40)22-6-5-18-19(21(22)14-34(27)13-16)11-23-20(18)12-25(36)24-10-17(8-9-32(23,24)2)41-31-30(39)29(38)28(37)26(15-35)42-31/h16-24,26-31,35,37-40H,4-15H2,1-3H3/t16-,17+,18+,19+,20-,21-,22-,23-,24+,26+,27-,28+,29-,30+,31+,32+,33-/m0/s1. The van der Waals surface area contributed by atoms with Crippen LogP contribution in [0.4, 0.5) is 0 Å². The van der Waals surface area contributed by atoms with Crippen molar-refractivity contribution in [3.63, 3.8) is 0 Å². The molecule has 238 valence electrons. The summed E-state index contributed by atoms with van der Waals surface area (Å²) >= 11 is 0. The predicted octanol–water partition coefficient (Wildman–Crippen LogP) is 1.71. The molecule has 9 heteroatoms. The second-order valence-electron chi connectivity index (χ2n) is 16.0. The smallest absolute Gasteiger partial charge is 0.186 e. The van der Waals surface area contributed by atoms with Crippen LogP contribution < -0.4 is 0 Å². The quantitative estimate of drug-likeness (QED) is 0.310. The van der Waals surface area contributed by atoms with Gasteiger partial charge in [-0.2, -0.15) is 0 Å². The Morgan fingerprint density at radius 2 is 1.69 bits per heavy atom. The normalized spacial score (nSPS) is 57.9. The molecule has 7 rings (SSSR count). The van der Waals surface area contributed by atoms with Crippen LogP contribution in [0.3, 0.4) is 0 Å². The maximum absolute atomic E-state index is 13.9. The number of nitrogens with zero attached hydrogens (tertiary/aromatic N) is 1. The predicted molar refractivity (Wildman–Crippen MR) is 153 cm³/mol. The van der Waals surface area contributed by atoms with Gasteiger partial charge in [0.05, 0.1) is 18.3 Å². The third kappa shape index (κ3) is 4.50. The van der Waals surface area contributed by atoms with Crippen molar-refractivity contribution in [3.05, 3.63) is 0 Å². The minimum atomic E-state index is -1.47. The average Bonchev–Trinajstić information content (AvgIpc) is 3.33. The largest absolute Gasteiger partial charge is 0.394 e. The number of Topliss-reactive ketones (excluding diaryl/α,β-unsaturated/α-hetero) is 1. The Hall–Kier alpha value is -0.650. The molecule has 0 aromatic heterocycles. The average molecular weight is 592 g/mol. The van der Waals surface area contributed by atoms with Crippen LogP contribution in [0.1, 0.15) is 78.6 Å². The fourth-order valence-corrected chi connectivity index (χ4v) is 11.8. The molecule has 3 heterocycles. The molecule has 4 aliphatic carbocycles. The lowest BCUT2D eigenvalue weighted by Gasteiger charge is -2.59. The zero-order valence-corrected chi connectivity index (χ0v) is 25.6. The van der Waals surface area contributed by atoms with E-state index >= 15 is 0 Å². The zero-order valence-electron chi connectivity index (χ0n) is 25.6. The van der Waals surface area contributed by atoms with Crippen LogP contribution in [0.2, 0.25) is 0 Å². The van der Waals surface area contributed by atoms with Crippen LogP contribution >= 0.6 is 0 Å². The summed E-state index contributed by atoms with van der Waals surface area (Å²) in [6.45, 7) is 8.49. The van der Waals surface area contributed by atoms with Crippen LogP contribution in [-0.4, -0.2) is 104 Å². The lowest BCUT2D eigenvalue weighted by Crippen LogP contribution is -2.67. The number of hydrogen-bond donors (Lipinski definition) is 5. The molecule has 42 heavy (non-hydrogen) atoms. The maximum atomic E-state index is 13.9. The van der Waals surface area contributed by atoms with Crippen molar-refractivity contribution in [2.75, 3.05) is 19.7 Å². The van der Waals surface area contributed by atoms with Gasteiger partial charge >= 0.3 is 0 Å². The minimum absolute atomic E-state index is 0.0958. The third-order valence-electron chi connectivity index (χ3n) is 14.0. The first kappa shape index (κ1) is 30.0. The van der Waals surface area contributed by atoms with Crippen molar-refractivity contribution in [1.82, 2.24) is 4.90 Å². The Bertz CT molecular complexity index is 1040. The Morgan fingerprint density at radius 3 is 2.45 bits per heavy atom. The molecule has 0 bridgehead atoms. The molecule has 0 amide bonds. The molecular formula is C33H53NO8. The number of aliphatic hydroxyl groups is 5. The summed E-state index contributed by atoms with van der Waals surface area (Å²) in [4.78, 5) is 16.5. The molecule has 9 nitrogen and oxygen atoms in total. The van der Waals surface area contributed by atoms with E-state index < -0.39 is 42.9 Å². The summed E-state index contributed by atoms with van der Waals surface area (Å²) < 4.78 is 11.8. The lowest BCUT2D eigenvalue weighted by molar-refractivity contribution is -0.315. The number of rotatable bonds is 3. The van der Waals surface area contributed by atoms with Crippen molar-refractivity contribution in [3.8, 4) is 0 Å². The molecule has 3 saturated heterocycles. The molecule has 7 fully saturated rings. The molecule has 5 N–H and O–H groups in total. The number of carbonyl (C=O) groups is 1. The van der Waals surface area contributed by atoms with E-state index in [0.717, 1.165) is 51.6 Å². The van der Waals surface area contributed by atoms with E-state index in [1.54, 1.807) is 0 Å². The molecule has 17 atom stereocenters. The monoisotopic (exact) mass is 591 g/mol. The van der Waals surface area contributed by atoms with Gasteiger partial charge in [-0.15, -0.1) is 0 Å². The second-order valence-corrected chi connectivity index (χ2v) is 16.0. The highest BCUT2D eigenvalue weighted by Gasteiger charge is 2.64. The van der Waals surface area contributed by atoms with Gasteiger partial charge in [0.1, 0.15) is 30.2 Å². The Balaban J connectivity index is 1.07. The van der Waals surface area contributed by atoms with Gasteiger partial charge < -0.3 is 35.0 Å². The van der Waals surface area contributed by atoms with E-state index in [-0.39, 0.29) is 23.5 Å². The highest BCUT2D eigenvalue weighted by molar-refractivity contribution is 5.83. The second kappa shape index (κ2) is 10.7. The van der Waals surface area contributed by atoms with Crippen LogP contribution in [0, 0.1) is 52.8 Å². The van der Waals surface area contributed by atoms with Gasteiger partial charge in [0, 0.05) is 31.5 Å². The molecule has 7 aliphatic rings. The lowest BCUT2D eigenvalue weighted by atomic mass is 9.51. The number of carbonyl (C=O) groups excluding carboxylic acids is 1. The van der Waals surface area contributed by atoms with Gasteiger partial charge in [0.2, 0.25) is 0 Å². The Labute approximate surface area is 249 Å². The first-order valence-electron chi connectivity index (χ1n) is 16.9. The van der Waals surface area contributed by atoms with Gasteiger partial charge in [-0.1, -0.05) is 13.8 Å². The summed E-state index contributed by atoms with van der Waals surface area (Å²) in [7, 11) is 0. The van der Waals surface area contributed by atoms with E-state index in [4.69, 9.17) is 9.47 Å². The number of piperidine rings is 2. The number of aliphatic hydroxyl groups excluding tert-OH is 4. The summed E-state index contributed by atoms with van der Waals surface area (Å²) in [5.41, 5.74) is -0.745. The van der Waals surface area contributed by atoms with E-state index in [1.165, 1.54) is 6.42 Å². The van der Waals surface area contributed by atoms with Gasteiger partial charge in [-0.25, -0.2) is 0 Å². The summed E-state index contributed by atoms with van der Waals surface area (Å²) in [5.74, 6) is 3.79. The first-order chi connectivity index (χ1) is 19.9. The highest BCUT2D eigenvalue weighted by atomic mass is 16.7. The molecule has 4 saturated carbocycles. The van der Waals surface area contributed by atoms with Crippen LogP contribution in [0.25, 0.3) is 0 Å². The SMILES string of the molecule is C[C@H]1CC[C@@H]2N(C1)C[C@H]1[C@@H]3C[C@H]4[C@@H](CC(=O)[C@H]5C[C@H](O[C@@H]6O[C@H](CO)[C@@H](O)[C@H](O)[C@H]6O)CC[C@@]54C)[C@@H]3CC[C@@H]1[C@]2(C)O. The minimum Gasteiger partial charge on any atom is -0.394 e. The number of ether oxygens (including phenoxy) is 2. The molecular weight excluding hydrogens is 538 g/mol. The van der Waals surface area contributed by atoms with Crippen molar-refractivity contribution in [2.24, 2.45) is 52.8 Å². The number of fused-ring (bicyclic) bond motifs is 8. The Morgan fingerprint density at radius 1 is 0.905 bits per heavy atom. The molecule has 0 unspecified atom stereocenters. The van der Waals surface area contributed by atoms with Crippen molar-refractivity contribution in [2.45, 2.75) is 127 Å². The van der Waals surface area contributed by atoms with Crippen molar-refractivity contribution < 1.29 is 39.8 Å². The maximum Gasteiger partial charge on any atom is 0.186 e. The van der Waals surface area contributed by atoms with Crippen molar-refractivity contribution in [1.29, 1.82) is 0 Å². The highest BCUT2D eigenvalue weighted by Crippen LogP contribution is 2.66. The van der Waals surface area contributed by atoms with Crippen LogP contribution in [0.5, 0.6) is 0 Å². The number of hydrogen-bond acceptors (Lipinski definition) is 9. The van der Waals surface area contributed by atoms with Crippen LogP contribution in [-0.2, 0) is 14.3 Å². The van der Waals surface area contributed by atoms with Crippen molar-refractivity contribution >= 4 is 5.78 Å². The molecule has 0 spiro atoms.